The molecule has 1 rings (SSSR count). The van der Waals surface area contributed by atoms with E-state index in [4.69, 9.17) is 16.9 Å². The van der Waals surface area contributed by atoms with E-state index in [2.05, 4.69) is 5.92 Å². The first-order valence-electron chi connectivity index (χ1n) is 4.57. The van der Waals surface area contributed by atoms with Crippen LogP contribution in [0.3, 0.4) is 0 Å². The molecular formula is C11H12N2O3. The Morgan fingerprint density at radius 2 is 2.19 bits per heavy atom. The summed E-state index contributed by atoms with van der Waals surface area (Å²) < 4.78 is 5.37. The highest BCUT2D eigenvalue weighted by Gasteiger charge is 2.24. The highest BCUT2D eigenvalue weighted by atomic mass is 16.6. The third-order valence-corrected chi connectivity index (χ3v) is 1.93. The van der Waals surface area contributed by atoms with Gasteiger partial charge in [-0.2, -0.15) is 0 Å². The summed E-state index contributed by atoms with van der Waals surface area (Å²) in [6, 6.07) is 4.48. The number of nitrogen functional groups attached to an aromatic ring is 1. The van der Waals surface area contributed by atoms with E-state index in [1.165, 1.54) is 12.1 Å². The fraction of sp³-hybridized carbons (Fsp3) is 0.273. The first kappa shape index (κ1) is 11.9. The Hall–Kier alpha value is -2.22. The molecule has 0 fully saturated rings. The molecule has 16 heavy (non-hydrogen) atoms. The van der Waals surface area contributed by atoms with Gasteiger partial charge in [0, 0.05) is 0 Å². The van der Waals surface area contributed by atoms with E-state index in [1.807, 2.05) is 0 Å². The van der Waals surface area contributed by atoms with E-state index in [-0.39, 0.29) is 17.1 Å². The lowest BCUT2D eigenvalue weighted by atomic mass is 10.1. The van der Waals surface area contributed by atoms with Crippen LogP contribution >= 0.6 is 0 Å². The Kier molecular flexibility index (Phi) is 3.04. The molecule has 0 aliphatic carbocycles. The van der Waals surface area contributed by atoms with Crippen LogP contribution in [0.4, 0.5) is 11.4 Å². The van der Waals surface area contributed by atoms with Crippen molar-refractivity contribution in [1.82, 2.24) is 0 Å². The lowest BCUT2D eigenvalue weighted by Gasteiger charge is -2.20. The van der Waals surface area contributed by atoms with Crippen molar-refractivity contribution in [2.75, 3.05) is 5.73 Å². The molecule has 0 heterocycles. The number of rotatable bonds is 3. The normalized spacial score (nSPS) is 10.6. The molecule has 0 bridgehead atoms. The molecule has 2 N–H and O–H groups in total. The number of nitrogens with zero attached hydrogens (tertiary/aromatic N) is 1. The number of benzene rings is 1. The van der Waals surface area contributed by atoms with Gasteiger partial charge in [0.15, 0.2) is 5.60 Å². The first-order chi connectivity index (χ1) is 7.37. The summed E-state index contributed by atoms with van der Waals surface area (Å²) in [6.07, 6.45) is 5.24. The molecule has 1 aromatic carbocycles. The Labute approximate surface area is 93.4 Å². The zero-order valence-corrected chi connectivity index (χ0v) is 9.06. The molecule has 0 unspecified atom stereocenters. The molecule has 0 spiro atoms. The second-order valence-electron chi connectivity index (χ2n) is 3.71. The van der Waals surface area contributed by atoms with Crippen LogP contribution in [0.1, 0.15) is 13.8 Å². The van der Waals surface area contributed by atoms with Crippen LogP contribution in [0.2, 0.25) is 0 Å². The third-order valence-electron chi connectivity index (χ3n) is 1.93. The van der Waals surface area contributed by atoms with Crippen LogP contribution in [0.15, 0.2) is 18.2 Å². The van der Waals surface area contributed by atoms with Crippen LogP contribution < -0.4 is 10.5 Å². The molecule has 84 valence electrons. The lowest BCUT2D eigenvalue weighted by molar-refractivity contribution is -0.385. The summed E-state index contributed by atoms with van der Waals surface area (Å²) in [4.78, 5) is 10.2. The number of para-hydroxylation sites is 1. The largest absolute Gasteiger partial charge is 0.468 e. The highest BCUT2D eigenvalue weighted by molar-refractivity contribution is 5.65. The van der Waals surface area contributed by atoms with Gasteiger partial charge in [0.1, 0.15) is 5.69 Å². The minimum atomic E-state index is -0.918. The predicted molar refractivity (Wildman–Crippen MR) is 61.0 cm³/mol. The van der Waals surface area contributed by atoms with Crippen molar-refractivity contribution in [2.45, 2.75) is 19.4 Å². The van der Waals surface area contributed by atoms with Crippen molar-refractivity contribution >= 4 is 11.4 Å². The number of ether oxygens (including phenoxy) is 1. The number of nitro benzene ring substituents is 1. The molecule has 1 aromatic rings. The second kappa shape index (κ2) is 4.11. The van der Waals surface area contributed by atoms with E-state index < -0.39 is 10.5 Å². The second-order valence-corrected chi connectivity index (χ2v) is 3.71. The quantitative estimate of drug-likeness (QED) is 0.365. The molecule has 5 nitrogen and oxygen atoms in total. The van der Waals surface area contributed by atoms with Crippen molar-refractivity contribution in [2.24, 2.45) is 0 Å². The average molecular weight is 220 g/mol. The highest BCUT2D eigenvalue weighted by Crippen LogP contribution is 2.34. The van der Waals surface area contributed by atoms with E-state index in [9.17, 15) is 10.1 Å². The first-order valence-corrected chi connectivity index (χ1v) is 4.57. The molecule has 0 aliphatic rings. The van der Waals surface area contributed by atoms with Crippen molar-refractivity contribution in [3.63, 3.8) is 0 Å². The van der Waals surface area contributed by atoms with Crippen LogP contribution in [-0.4, -0.2) is 10.5 Å². The van der Waals surface area contributed by atoms with E-state index in [0.29, 0.717) is 0 Å². The van der Waals surface area contributed by atoms with Crippen LogP contribution in [-0.2, 0) is 0 Å². The van der Waals surface area contributed by atoms with Gasteiger partial charge in [0.25, 0.3) is 0 Å². The van der Waals surface area contributed by atoms with Gasteiger partial charge in [0.05, 0.1) is 4.92 Å². The van der Waals surface area contributed by atoms with Gasteiger partial charge in [0.2, 0.25) is 5.75 Å². The van der Waals surface area contributed by atoms with Gasteiger partial charge in [-0.3, -0.25) is 10.1 Å². The fourth-order valence-corrected chi connectivity index (χ4v) is 1.12. The predicted octanol–water partition coefficient (Wildman–Crippen LogP) is 1.97. The zero-order chi connectivity index (χ0) is 12.3. The van der Waals surface area contributed by atoms with Crippen molar-refractivity contribution in [3.8, 4) is 18.1 Å². The van der Waals surface area contributed by atoms with Crippen LogP contribution in [0.25, 0.3) is 0 Å². The van der Waals surface area contributed by atoms with Gasteiger partial charge < -0.3 is 10.5 Å². The monoisotopic (exact) mass is 220 g/mol. The van der Waals surface area contributed by atoms with Crippen molar-refractivity contribution in [3.05, 3.63) is 28.3 Å². The Morgan fingerprint density at radius 1 is 1.56 bits per heavy atom. The van der Waals surface area contributed by atoms with Gasteiger partial charge in [-0.25, -0.2) is 0 Å². The van der Waals surface area contributed by atoms with Crippen molar-refractivity contribution in [1.29, 1.82) is 0 Å². The van der Waals surface area contributed by atoms with Gasteiger partial charge in [-0.1, -0.05) is 12.0 Å². The van der Waals surface area contributed by atoms with Gasteiger partial charge in [-0.05, 0) is 26.0 Å². The molecule has 0 saturated heterocycles. The number of hydrogen-bond acceptors (Lipinski definition) is 4. The standard InChI is InChI=1S/C11H12N2O3/c1-4-11(2,3)16-9-7-5-6-8(12)10(9)13(14)15/h1,5-7H,12H2,2-3H3. The molecule has 0 aliphatic heterocycles. The maximum atomic E-state index is 10.8. The maximum absolute atomic E-state index is 10.8. The lowest BCUT2D eigenvalue weighted by Crippen LogP contribution is -2.26. The molecule has 0 amide bonds. The Bertz CT molecular complexity index is 461. The summed E-state index contributed by atoms with van der Waals surface area (Å²) in [6.45, 7) is 3.28. The van der Waals surface area contributed by atoms with E-state index in [0.717, 1.165) is 0 Å². The molecule has 0 saturated carbocycles. The van der Waals surface area contributed by atoms with Crippen molar-refractivity contribution < 1.29 is 9.66 Å². The van der Waals surface area contributed by atoms with Gasteiger partial charge in [-0.15, -0.1) is 6.42 Å². The van der Waals surface area contributed by atoms with Crippen LogP contribution in [0.5, 0.6) is 5.75 Å². The third kappa shape index (κ3) is 2.42. The number of nitrogens with two attached hydrogens (primary N) is 1. The van der Waals surface area contributed by atoms with Gasteiger partial charge >= 0.3 is 5.69 Å². The topological polar surface area (TPSA) is 78.4 Å². The maximum Gasteiger partial charge on any atom is 0.333 e. The Morgan fingerprint density at radius 3 is 2.69 bits per heavy atom. The molecule has 0 atom stereocenters. The summed E-state index contributed by atoms with van der Waals surface area (Å²) in [7, 11) is 0. The minimum absolute atomic E-state index is 0.0512. The Balaban J connectivity index is 3.21. The summed E-state index contributed by atoms with van der Waals surface area (Å²) in [5.74, 6) is 2.47. The molecule has 0 radical (unpaired) electrons. The minimum Gasteiger partial charge on any atom is -0.468 e. The van der Waals surface area contributed by atoms with Crippen LogP contribution in [0, 0.1) is 22.5 Å². The summed E-state index contributed by atoms with van der Waals surface area (Å²) in [5, 5.41) is 10.8. The SMILES string of the molecule is C#CC(C)(C)Oc1cccc(N)c1[N+](=O)[O-]. The van der Waals surface area contributed by atoms with E-state index >= 15 is 0 Å². The van der Waals surface area contributed by atoms with E-state index in [1.54, 1.807) is 19.9 Å². The molecule has 0 aromatic heterocycles. The zero-order valence-electron chi connectivity index (χ0n) is 9.06. The number of nitro groups is 1. The number of terminal acetylenes is 1. The number of anilines is 1. The fourth-order valence-electron chi connectivity index (χ4n) is 1.12. The number of hydrogen-bond donors (Lipinski definition) is 1. The summed E-state index contributed by atoms with van der Waals surface area (Å²) in [5.41, 5.74) is 4.38. The smallest absolute Gasteiger partial charge is 0.333 e. The molecular weight excluding hydrogens is 208 g/mol. The molecule has 5 heteroatoms. The summed E-state index contributed by atoms with van der Waals surface area (Å²) >= 11 is 0. The average Bonchev–Trinajstić information content (AvgIpc) is 2.16.